The Kier molecular flexibility index (Phi) is 7.93. The molecule has 8 heteroatoms. The second kappa shape index (κ2) is 10.2. The smallest absolute Gasteiger partial charge is 0.326 e. The van der Waals surface area contributed by atoms with Crippen LogP contribution in [0.3, 0.4) is 0 Å². The van der Waals surface area contributed by atoms with Crippen molar-refractivity contribution in [1.29, 1.82) is 0 Å². The van der Waals surface area contributed by atoms with E-state index in [0.29, 0.717) is 10.5 Å². The molecule has 0 aliphatic carbocycles. The monoisotopic (exact) mass is 380 g/mol. The first-order chi connectivity index (χ1) is 12.5. The zero-order chi connectivity index (χ0) is 18.9. The van der Waals surface area contributed by atoms with Gasteiger partial charge in [-0.2, -0.15) is 0 Å². The van der Waals surface area contributed by atoms with Crippen molar-refractivity contribution < 1.29 is 24.2 Å². The lowest BCUT2D eigenvalue weighted by Crippen LogP contribution is -2.41. The average molecular weight is 380 g/mol. The molecule has 2 rings (SSSR count). The molecule has 1 aliphatic heterocycles. The standard InChI is InChI=1S/C18H24N2O5S/c1-25-11-8-14(18(23)24)19-17(22)13-6-2-3-7-15(13)26-12-16(21)20-9-4-5-10-20/h2-3,6-7,14H,4-5,8-12H2,1H3,(H,19,22)(H,23,24). The predicted octanol–water partition coefficient (Wildman–Crippen LogP) is 1.62. The first-order valence-corrected chi connectivity index (χ1v) is 9.53. The minimum Gasteiger partial charge on any atom is -0.480 e. The van der Waals surface area contributed by atoms with Gasteiger partial charge < -0.3 is 20.1 Å². The Hall–Kier alpha value is -2.06. The maximum absolute atomic E-state index is 12.5. The van der Waals surface area contributed by atoms with Gasteiger partial charge in [-0.3, -0.25) is 9.59 Å². The number of hydrogen-bond acceptors (Lipinski definition) is 5. The summed E-state index contributed by atoms with van der Waals surface area (Å²) in [6.45, 7) is 1.82. The average Bonchev–Trinajstić information content (AvgIpc) is 3.17. The van der Waals surface area contributed by atoms with Gasteiger partial charge >= 0.3 is 5.97 Å². The van der Waals surface area contributed by atoms with Gasteiger partial charge in [0.2, 0.25) is 5.91 Å². The molecular formula is C18H24N2O5S. The van der Waals surface area contributed by atoms with Crippen molar-refractivity contribution in [3.05, 3.63) is 29.8 Å². The van der Waals surface area contributed by atoms with Crippen LogP contribution in [0.15, 0.2) is 29.2 Å². The van der Waals surface area contributed by atoms with Crippen LogP contribution in [0.1, 0.15) is 29.6 Å². The first-order valence-electron chi connectivity index (χ1n) is 8.55. The Labute approximate surface area is 157 Å². The van der Waals surface area contributed by atoms with Crippen LogP contribution < -0.4 is 5.32 Å². The molecule has 1 atom stereocenters. The van der Waals surface area contributed by atoms with E-state index in [4.69, 9.17) is 4.74 Å². The molecule has 2 N–H and O–H groups in total. The van der Waals surface area contributed by atoms with Crippen LogP contribution in [0.5, 0.6) is 0 Å². The van der Waals surface area contributed by atoms with Crippen molar-refractivity contribution in [2.45, 2.75) is 30.2 Å². The van der Waals surface area contributed by atoms with E-state index in [1.54, 1.807) is 24.3 Å². The van der Waals surface area contributed by atoms with Gasteiger partial charge in [0.25, 0.3) is 5.91 Å². The minimum absolute atomic E-state index is 0.0613. The number of nitrogens with one attached hydrogen (secondary N) is 1. The highest BCUT2D eigenvalue weighted by Gasteiger charge is 2.23. The number of amides is 2. The number of ether oxygens (including phenoxy) is 1. The molecule has 0 spiro atoms. The minimum atomic E-state index is -1.11. The van der Waals surface area contributed by atoms with E-state index >= 15 is 0 Å². The normalized spacial score (nSPS) is 14.9. The molecule has 2 amide bonds. The van der Waals surface area contributed by atoms with Crippen molar-refractivity contribution in [3.63, 3.8) is 0 Å². The number of methoxy groups -OCH3 is 1. The van der Waals surface area contributed by atoms with E-state index < -0.39 is 17.9 Å². The fourth-order valence-electron chi connectivity index (χ4n) is 2.71. The number of carboxylic acid groups (broad SMARTS) is 1. The molecule has 1 aromatic carbocycles. The number of rotatable bonds is 9. The van der Waals surface area contributed by atoms with Crippen molar-refractivity contribution in [2.75, 3.05) is 32.6 Å². The van der Waals surface area contributed by atoms with Crippen LogP contribution in [0.25, 0.3) is 0 Å². The Morgan fingerprint density at radius 1 is 1.27 bits per heavy atom. The lowest BCUT2D eigenvalue weighted by atomic mass is 10.1. The van der Waals surface area contributed by atoms with E-state index in [1.165, 1.54) is 18.9 Å². The highest BCUT2D eigenvalue weighted by Crippen LogP contribution is 2.24. The third-order valence-electron chi connectivity index (χ3n) is 4.16. The quantitative estimate of drug-likeness (QED) is 0.632. The number of carbonyl (C=O) groups is 3. The van der Waals surface area contributed by atoms with Gasteiger partial charge in [-0.15, -0.1) is 11.8 Å². The van der Waals surface area contributed by atoms with Crippen LogP contribution in [0.4, 0.5) is 0 Å². The molecule has 1 fully saturated rings. The SMILES string of the molecule is COCCC(NC(=O)c1ccccc1SCC(=O)N1CCCC1)C(=O)O. The van der Waals surface area contributed by atoms with Crippen LogP contribution in [0.2, 0.25) is 0 Å². The summed E-state index contributed by atoms with van der Waals surface area (Å²) in [6.07, 6.45) is 2.25. The molecule has 1 heterocycles. The second-order valence-electron chi connectivity index (χ2n) is 6.02. The summed E-state index contributed by atoms with van der Waals surface area (Å²) in [5.74, 6) is -1.25. The third-order valence-corrected chi connectivity index (χ3v) is 5.21. The first kappa shape index (κ1) is 20.3. The fraction of sp³-hybridized carbons (Fsp3) is 0.500. The van der Waals surface area contributed by atoms with Gasteiger partial charge in [0.1, 0.15) is 6.04 Å². The largest absolute Gasteiger partial charge is 0.480 e. The summed E-state index contributed by atoms with van der Waals surface area (Å²) in [7, 11) is 1.48. The summed E-state index contributed by atoms with van der Waals surface area (Å²) >= 11 is 1.30. The summed E-state index contributed by atoms with van der Waals surface area (Å²) in [5.41, 5.74) is 0.371. The highest BCUT2D eigenvalue weighted by atomic mass is 32.2. The van der Waals surface area contributed by atoms with Gasteiger partial charge in [-0.1, -0.05) is 12.1 Å². The lowest BCUT2D eigenvalue weighted by molar-refractivity contribution is -0.139. The number of carbonyl (C=O) groups excluding carboxylic acids is 2. The molecule has 0 bridgehead atoms. The zero-order valence-corrected chi connectivity index (χ0v) is 15.6. The molecule has 142 valence electrons. The van der Waals surface area contributed by atoms with Crippen molar-refractivity contribution in [3.8, 4) is 0 Å². The lowest BCUT2D eigenvalue weighted by Gasteiger charge is -2.17. The molecule has 0 radical (unpaired) electrons. The Bertz CT molecular complexity index is 646. The molecular weight excluding hydrogens is 356 g/mol. The van der Waals surface area contributed by atoms with E-state index in [1.807, 2.05) is 4.90 Å². The van der Waals surface area contributed by atoms with Gasteiger partial charge in [0.05, 0.1) is 11.3 Å². The van der Waals surface area contributed by atoms with Gasteiger partial charge in [0, 0.05) is 38.1 Å². The molecule has 26 heavy (non-hydrogen) atoms. The summed E-state index contributed by atoms with van der Waals surface area (Å²) in [4.78, 5) is 38.5. The van der Waals surface area contributed by atoms with Crippen molar-refractivity contribution in [2.24, 2.45) is 0 Å². The predicted molar refractivity (Wildman–Crippen MR) is 98.4 cm³/mol. The summed E-state index contributed by atoms with van der Waals surface area (Å²) in [5, 5.41) is 11.8. The molecule has 1 saturated heterocycles. The maximum atomic E-state index is 12.5. The number of hydrogen-bond donors (Lipinski definition) is 2. The number of benzene rings is 1. The summed E-state index contributed by atoms with van der Waals surface area (Å²) in [6, 6.07) is 5.88. The van der Waals surface area contributed by atoms with Gasteiger partial charge in [-0.05, 0) is 25.0 Å². The highest BCUT2D eigenvalue weighted by molar-refractivity contribution is 8.00. The second-order valence-corrected chi connectivity index (χ2v) is 7.04. The zero-order valence-electron chi connectivity index (χ0n) is 14.8. The molecule has 0 aromatic heterocycles. The maximum Gasteiger partial charge on any atom is 0.326 e. The van der Waals surface area contributed by atoms with Crippen LogP contribution >= 0.6 is 11.8 Å². The molecule has 0 saturated carbocycles. The van der Waals surface area contributed by atoms with E-state index in [2.05, 4.69) is 5.32 Å². The van der Waals surface area contributed by atoms with E-state index in [9.17, 15) is 19.5 Å². The van der Waals surface area contributed by atoms with E-state index in [-0.39, 0.29) is 24.7 Å². The molecule has 7 nitrogen and oxygen atoms in total. The van der Waals surface area contributed by atoms with Crippen molar-refractivity contribution >= 4 is 29.5 Å². The number of carboxylic acids is 1. The topological polar surface area (TPSA) is 95.9 Å². The van der Waals surface area contributed by atoms with Crippen LogP contribution in [-0.2, 0) is 14.3 Å². The summed E-state index contributed by atoms with van der Waals surface area (Å²) < 4.78 is 4.89. The Morgan fingerprint density at radius 3 is 2.62 bits per heavy atom. The van der Waals surface area contributed by atoms with E-state index in [0.717, 1.165) is 25.9 Å². The fourth-order valence-corrected chi connectivity index (χ4v) is 3.66. The van der Waals surface area contributed by atoms with Gasteiger partial charge in [0.15, 0.2) is 0 Å². The van der Waals surface area contributed by atoms with Crippen molar-refractivity contribution in [1.82, 2.24) is 10.2 Å². The number of aliphatic carboxylic acids is 1. The Balaban J connectivity index is 2.00. The number of likely N-dealkylation sites (tertiary alicyclic amines) is 1. The van der Waals surface area contributed by atoms with Crippen LogP contribution in [0, 0.1) is 0 Å². The Morgan fingerprint density at radius 2 is 1.96 bits per heavy atom. The molecule has 1 aliphatic rings. The number of nitrogens with zero attached hydrogens (tertiary/aromatic N) is 1. The van der Waals surface area contributed by atoms with Crippen LogP contribution in [-0.4, -0.2) is 66.4 Å². The van der Waals surface area contributed by atoms with Gasteiger partial charge in [-0.25, -0.2) is 4.79 Å². The third kappa shape index (κ3) is 5.74. The molecule has 1 unspecified atom stereocenters. The number of thioether (sulfide) groups is 1. The molecule has 1 aromatic rings.